The molecule has 4 N–H and O–H groups in total. The summed E-state index contributed by atoms with van der Waals surface area (Å²) in [5.74, 6) is -0.959. The highest BCUT2D eigenvalue weighted by atomic mass is 32.2. The first-order valence-corrected chi connectivity index (χ1v) is 22.5. The molecule has 0 aromatic heterocycles. The number of rotatable bonds is 21. The smallest absolute Gasteiger partial charge is 0.242 e. The van der Waals surface area contributed by atoms with E-state index in [1.165, 1.54) is 6.42 Å². The van der Waals surface area contributed by atoms with Crippen LogP contribution in [0.2, 0.25) is 0 Å². The van der Waals surface area contributed by atoms with Gasteiger partial charge in [0.25, 0.3) is 0 Å². The number of phenols is 1. The number of ether oxygens (including phenoxy) is 2. The fourth-order valence-electron chi connectivity index (χ4n) is 7.35. The van der Waals surface area contributed by atoms with Crippen LogP contribution in [-0.4, -0.2) is 149 Å². The second kappa shape index (κ2) is 27.9. The highest BCUT2D eigenvalue weighted by Crippen LogP contribution is 2.29. The number of hydrogen-bond acceptors (Lipinski definition) is 11. The van der Waals surface area contributed by atoms with E-state index in [0.717, 1.165) is 24.7 Å². The minimum Gasteiger partial charge on any atom is -0.508 e. The van der Waals surface area contributed by atoms with Gasteiger partial charge in [-0.1, -0.05) is 73.4 Å². The van der Waals surface area contributed by atoms with E-state index < -0.39 is 34.2 Å². The average Bonchev–Trinajstić information content (AvgIpc) is 3.64. The van der Waals surface area contributed by atoms with Crippen LogP contribution in [0, 0.1) is 17.8 Å². The molecule has 17 heteroatoms. The van der Waals surface area contributed by atoms with Gasteiger partial charge in [0.1, 0.15) is 5.75 Å². The summed E-state index contributed by atoms with van der Waals surface area (Å²) in [6.45, 7) is 16.4. The second-order valence-corrected chi connectivity index (χ2v) is 17.8. The zero-order valence-corrected chi connectivity index (χ0v) is 38.9. The molecule has 59 heavy (non-hydrogen) atoms. The Kier molecular flexibility index (Phi) is 26.1. The number of sulfonamides is 1. The molecule has 1 saturated heterocycles. The van der Waals surface area contributed by atoms with E-state index in [-0.39, 0.29) is 78.7 Å². The lowest BCUT2D eigenvalue weighted by Gasteiger charge is -2.39. The molecule has 1 heterocycles. The number of amides is 5. The number of aromatic hydroxyl groups is 1. The maximum atomic E-state index is 14.0. The molecule has 0 spiro atoms. The van der Waals surface area contributed by atoms with Crippen LogP contribution < -0.4 is 15.4 Å². The van der Waals surface area contributed by atoms with Crippen LogP contribution in [0.15, 0.2) is 24.3 Å². The topological polar surface area (TPSA) is 204 Å². The monoisotopic (exact) mass is 857 g/mol. The minimum absolute atomic E-state index is 0.0148. The van der Waals surface area contributed by atoms with E-state index >= 15 is 0 Å². The highest BCUT2D eigenvalue weighted by Gasteiger charge is 2.42. The zero-order valence-electron chi connectivity index (χ0n) is 38.1. The Morgan fingerprint density at radius 2 is 1.54 bits per heavy atom. The van der Waals surface area contributed by atoms with E-state index in [1.54, 1.807) is 43.0 Å². The third-order valence-corrected chi connectivity index (χ3v) is 10.8. The maximum Gasteiger partial charge on any atom is 0.242 e. The van der Waals surface area contributed by atoms with Crippen LogP contribution in [0.25, 0.3) is 0 Å². The molecule has 5 amide bonds. The van der Waals surface area contributed by atoms with Crippen LogP contribution >= 0.6 is 0 Å². The predicted molar refractivity (Wildman–Crippen MR) is 231 cm³/mol. The second-order valence-electron chi connectivity index (χ2n) is 16.0. The van der Waals surface area contributed by atoms with Gasteiger partial charge in [-0.15, -0.1) is 0 Å². The van der Waals surface area contributed by atoms with Gasteiger partial charge in [-0.25, -0.2) is 8.42 Å². The van der Waals surface area contributed by atoms with Crippen LogP contribution in [0.3, 0.4) is 0 Å². The lowest BCUT2D eigenvalue weighted by Crippen LogP contribution is -2.55. The zero-order chi connectivity index (χ0) is 45.6. The summed E-state index contributed by atoms with van der Waals surface area (Å²) in [5.41, 5.74) is 0.999. The first-order chi connectivity index (χ1) is 27.5. The molecule has 0 bridgehead atoms. The Hall–Kier alpha value is -3.80. The lowest BCUT2D eigenvalue weighted by atomic mass is 9.90. The van der Waals surface area contributed by atoms with Gasteiger partial charge in [0.05, 0.1) is 55.5 Å². The normalized spacial score (nSPS) is 17.4. The molecule has 1 fully saturated rings. The molecule has 8 atom stereocenters. The number of benzene rings is 1. The van der Waals surface area contributed by atoms with E-state index in [4.69, 9.17) is 9.47 Å². The van der Waals surface area contributed by atoms with E-state index in [9.17, 15) is 37.5 Å². The maximum absolute atomic E-state index is 14.0. The molecule has 1 aromatic carbocycles. The number of nitrogens with one attached hydrogen (secondary N) is 3. The van der Waals surface area contributed by atoms with Crippen molar-refractivity contribution in [1.29, 1.82) is 0 Å². The predicted octanol–water partition coefficient (Wildman–Crippen LogP) is 3.17. The number of nitrogens with zero attached hydrogens (tertiary/aromatic N) is 3. The van der Waals surface area contributed by atoms with Gasteiger partial charge in [-0.2, -0.15) is 0 Å². The number of likely N-dealkylation sites (N-methyl/N-ethyl adjacent to an activating group) is 2. The fourth-order valence-corrected chi connectivity index (χ4v) is 7.52. The summed E-state index contributed by atoms with van der Waals surface area (Å²) < 4.78 is 33.2. The van der Waals surface area contributed by atoms with Crippen molar-refractivity contribution in [2.75, 3.05) is 54.7 Å². The van der Waals surface area contributed by atoms with E-state index in [0.29, 0.717) is 19.4 Å². The number of carbonyl (C=O) groups is 5. The SMILES string of the molecule is CCC.CCC(C)C(C(CC(=O)N1CCCC1C(OC)C(C)C(=O)NC(C)Cc1ccc(O)cc1)OC)N(C)C(=O)CNC(=O)C(C(C)C)N(C)C.CS(=O)(=O)NC=O. The van der Waals surface area contributed by atoms with Gasteiger partial charge in [-0.3, -0.25) is 33.6 Å². The van der Waals surface area contributed by atoms with Gasteiger partial charge >= 0.3 is 0 Å². The standard InChI is InChI=1S/C37H63N5O7.C3H8.C2H5NO3S/c1-12-24(4)34(41(9)32(45)22-38-37(47)33(23(2)3)40(7)8)30(48-10)21-31(44)42-19-13-14-29(42)35(49-11)26(6)36(46)39-25(5)20-27-15-17-28(43)18-16-27;1-3-2;1-7(5,6)3-2-4/h15-18,23-26,29-30,33-35,43H,12-14,19-22H2,1-11H3,(H,38,47)(H,39,46);3H2,1-2H3;2H,1H3,(H,3,4). The summed E-state index contributed by atoms with van der Waals surface area (Å²) in [6, 6.07) is 5.73. The van der Waals surface area contributed by atoms with Crippen molar-refractivity contribution >= 4 is 40.1 Å². The molecule has 2 rings (SSSR count). The first kappa shape index (κ1) is 55.2. The van der Waals surface area contributed by atoms with Crippen molar-refractivity contribution in [2.45, 2.75) is 130 Å². The van der Waals surface area contributed by atoms with Gasteiger partial charge in [0, 0.05) is 33.9 Å². The number of methoxy groups -OCH3 is 2. The Balaban J connectivity index is 0.00000299. The van der Waals surface area contributed by atoms with Crippen molar-refractivity contribution < 1.29 is 47.0 Å². The molecule has 16 nitrogen and oxygen atoms in total. The Labute approximate surface area is 354 Å². The fraction of sp³-hybridized carbons (Fsp3) is 0.738. The summed E-state index contributed by atoms with van der Waals surface area (Å²) in [4.78, 5) is 68.3. The van der Waals surface area contributed by atoms with Crippen molar-refractivity contribution in [3.8, 4) is 5.75 Å². The molecular weight excluding hydrogens is 781 g/mol. The van der Waals surface area contributed by atoms with Crippen LogP contribution in [-0.2, 0) is 49.9 Å². The summed E-state index contributed by atoms with van der Waals surface area (Å²) in [6.07, 6.45) is 4.10. The largest absolute Gasteiger partial charge is 0.508 e. The van der Waals surface area contributed by atoms with E-state index in [2.05, 4.69) is 24.5 Å². The van der Waals surface area contributed by atoms with Crippen molar-refractivity contribution in [2.24, 2.45) is 17.8 Å². The molecule has 0 radical (unpaired) electrons. The first-order valence-electron chi connectivity index (χ1n) is 20.6. The molecule has 8 unspecified atom stereocenters. The highest BCUT2D eigenvalue weighted by molar-refractivity contribution is 7.89. The van der Waals surface area contributed by atoms with Gasteiger partial charge in [0.2, 0.25) is 40.1 Å². The van der Waals surface area contributed by atoms with Crippen molar-refractivity contribution in [3.63, 3.8) is 0 Å². The molecule has 1 aromatic rings. The van der Waals surface area contributed by atoms with Crippen LogP contribution in [0.4, 0.5) is 0 Å². The van der Waals surface area contributed by atoms with Gasteiger partial charge in [0.15, 0.2) is 0 Å². The quantitative estimate of drug-likeness (QED) is 0.132. The van der Waals surface area contributed by atoms with Gasteiger partial charge in [-0.05, 0) is 69.8 Å². The Morgan fingerprint density at radius 1 is 0.966 bits per heavy atom. The molecule has 0 aliphatic carbocycles. The lowest BCUT2D eigenvalue weighted by molar-refractivity contribution is -0.146. The number of carbonyl (C=O) groups excluding carboxylic acids is 5. The Bertz CT molecular complexity index is 1520. The number of phenolic OH excluding ortho intramolecular Hbond substituents is 1. The molecule has 0 saturated carbocycles. The summed E-state index contributed by atoms with van der Waals surface area (Å²) in [7, 11) is 5.23. The van der Waals surface area contributed by atoms with Crippen molar-refractivity contribution in [3.05, 3.63) is 29.8 Å². The number of likely N-dealkylation sites (tertiary alicyclic amines) is 1. The summed E-state index contributed by atoms with van der Waals surface area (Å²) in [5, 5.41) is 15.5. The van der Waals surface area contributed by atoms with Gasteiger partial charge < -0.3 is 35.0 Å². The third kappa shape index (κ3) is 19.4. The summed E-state index contributed by atoms with van der Waals surface area (Å²) >= 11 is 0. The minimum atomic E-state index is -3.29. The van der Waals surface area contributed by atoms with Crippen LogP contribution in [0.1, 0.15) is 93.1 Å². The Morgan fingerprint density at radius 3 is 1.98 bits per heavy atom. The third-order valence-electron chi connectivity index (χ3n) is 10.3. The molecule has 1 aliphatic rings. The molecule has 340 valence electrons. The average molecular weight is 857 g/mol. The molecule has 1 aliphatic heterocycles. The van der Waals surface area contributed by atoms with E-state index in [1.807, 2.05) is 77.6 Å². The van der Waals surface area contributed by atoms with Crippen molar-refractivity contribution in [1.82, 2.24) is 30.1 Å². The van der Waals surface area contributed by atoms with Crippen LogP contribution in [0.5, 0.6) is 5.75 Å². The molecular formula is C42H76N6O10S. The number of hydrogen-bond donors (Lipinski definition) is 4.